The molecular formula is C19H22O4. The molecule has 2 aliphatic rings. The first-order valence-corrected chi connectivity index (χ1v) is 7.81. The van der Waals surface area contributed by atoms with E-state index in [-0.39, 0.29) is 24.0 Å². The topological polar surface area (TPSA) is 80.9 Å². The molecule has 23 heavy (non-hydrogen) atoms. The van der Waals surface area contributed by atoms with E-state index in [9.17, 15) is 20.4 Å². The zero-order chi connectivity index (χ0) is 16.8. The largest absolute Gasteiger partial charge is 0.362 e. The van der Waals surface area contributed by atoms with Crippen molar-refractivity contribution in [3.63, 3.8) is 0 Å². The van der Waals surface area contributed by atoms with Gasteiger partial charge < -0.3 is 20.4 Å². The summed E-state index contributed by atoms with van der Waals surface area (Å²) in [4.78, 5) is 0. The van der Waals surface area contributed by atoms with E-state index in [1.807, 2.05) is 44.2 Å². The van der Waals surface area contributed by atoms with E-state index in [0.717, 1.165) is 16.7 Å². The van der Waals surface area contributed by atoms with Gasteiger partial charge in [-0.25, -0.2) is 0 Å². The van der Waals surface area contributed by atoms with Crippen LogP contribution in [0.2, 0.25) is 0 Å². The quantitative estimate of drug-likeness (QED) is 0.599. The molecule has 122 valence electrons. The van der Waals surface area contributed by atoms with Gasteiger partial charge in [-0.2, -0.15) is 0 Å². The Morgan fingerprint density at radius 2 is 1.57 bits per heavy atom. The molecule has 0 spiro atoms. The van der Waals surface area contributed by atoms with Crippen molar-refractivity contribution in [3.05, 3.63) is 64.3 Å². The van der Waals surface area contributed by atoms with E-state index in [1.54, 1.807) is 6.08 Å². The third kappa shape index (κ3) is 2.68. The second-order valence-corrected chi connectivity index (χ2v) is 6.50. The van der Waals surface area contributed by atoms with Crippen LogP contribution in [0.15, 0.2) is 53.1 Å². The molecular weight excluding hydrogens is 292 g/mol. The second-order valence-electron chi connectivity index (χ2n) is 6.50. The Morgan fingerprint density at radius 1 is 0.913 bits per heavy atom. The van der Waals surface area contributed by atoms with Crippen LogP contribution in [0.5, 0.6) is 0 Å². The lowest BCUT2D eigenvalue weighted by Crippen LogP contribution is -2.45. The monoisotopic (exact) mass is 314 g/mol. The van der Waals surface area contributed by atoms with Gasteiger partial charge in [-0.1, -0.05) is 42.0 Å². The Bertz CT molecular complexity index is 735. The van der Waals surface area contributed by atoms with E-state index >= 15 is 0 Å². The molecule has 0 aliphatic heterocycles. The minimum Gasteiger partial charge on any atom is -0.362 e. The summed E-state index contributed by atoms with van der Waals surface area (Å²) in [6.07, 6.45) is 3.80. The van der Waals surface area contributed by atoms with Crippen molar-refractivity contribution in [1.29, 1.82) is 0 Å². The maximum absolute atomic E-state index is 10.6. The fourth-order valence-corrected chi connectivity index (χ4v) is 3.46. The molecule has 2 aliphatic carbocycles. The molecule has 0 heterocycles. The molecule has 0 bridgehead atoms. The Labute approximate surface area is 135 Å². The predicted octanol–water partition coefficient (Wildman–Crippen LogP) is 2.18. The Morgan fingerprint density at radius 3 is 2.26 bits per heavy atom. The minimum absolute atomic E-state index is 0.122. The fraction of sp³-hybridized carbons (Fsp3) is 0.368. The summed E-state index contributed by atoms with van der Waals surface area (Å²) in [5, 5.41) is 41.8. The molecule has 0 saturated carbocycles. The van der Waals surface area contributed by atoms with Crippen LogP contribution < -0.4 is 0 Å². The molecule has 4 N–H and O–H groups in total. The van der Waals surface area contributed by atoms with Gasteiger partial charge in [-0.05, 0) is 37.0 Å². The average molecular weight is 314 g/mol. The summed E-state index contributed by atoms with van der Waals surface area (Å²) >= 11 is 0. The SMILES string of the molecule is CC1=C(c2ccccc2C)C2=C(C=CC1)C(O)(O)CCC2(O)O. The number of aliphatic hydroxyl groups is 4. The average Bonchev–Trinajstić information content (AvgIpc) is 2.65. The van der Waals surface area contributed by atoms with Crippen molar-refractivity contribution in [1.82, 2.24) is 0 Å². The van der Waals surface area contributed by atoms with Crippen LogP contribution in [0.1, 0.15) is 37.3 Å². The van der Waals surface area contributed by atoms with Crippen LogP contribution in [-0.4, -0.2) is 32.0 Å². The number of aryl methyl sites for hydroxylation is 1. The molecule has 4 heteroatoms. The highest BCUT2D eigenvalue weighted by Crippen LogP contribution is 2.47. The molecule has 1 aromatic rings. The molecule has 0 fully saturated rings. The number of hydrogen-bond acceptors (Lipinski definition) is 4. The maximum Gasteiger partial charge on any atom is 0.191 e. The highest BCUT2D eigenvalue weighted by molar-refractivity contribution is 5.86. The smallest absolute Gasteiger partial charge is 0.191 e. The Kier molecular flexibility index (Phi) is 3.81. The summed E-state index contributed by atoms with van der Waals surface area (Å²) in [7, 11) is 0. The summed E-state index contributed by atoms with van der Waals surface area (Å²) in [6, 6.07) is 7.70. The molecule has 0 atom stereocenters. The van der Waals surface area contributed by atoms with Crippen LogP contribution in [-0.2, 0) is 0 Å². The first kappa shape index (κ1) is 16.1. The van der Waals surface area contributed by atoms with Crippen LogP contribution >= 0.6 is 0 Å². The molecule has 0 unspecified atom stereocenters. The van der Waals surface area contributed by atoms with Crippen LogP contribution in [0.4, 0.5) is 0 Å². The first-order chi connectivity index (χ1) is 10.7. The van der Waals surface area contributed by atoms with Crippen molar-refractivity contribution in [3.8, 4) is 0 Å². The van der Waals surface area contributed by atoms with Gasteiger partial charge in [-0.15, -0.1) is 0 Å². The Balaban J connectivity index is 2.35. The van der Waals surface area contributed by atoms with Gasteiger partial charge >= 0.3 is 0 Å². The fourth-order valence-electron chi connectivity index (χ4n) is 3.46. The third-order valence-electron chi connectivity index (χ3n) is 4.72. The molecule has 0 aromatic heterocycles. The van der Waals surface area contributed by atoms with Gasteiger partial charge in [0.25, 0.3) is 0 Å². The van der Waals surface area contributed by atoms with Crippen LogP contribution in [0, 0.1) is 6.92 Å². The van der Waals surface area contributed by atoms with E-state index in [1.165, 1.54) is 0 Å². The predicted molar refractivity (Wildman–Crippen MR) is 88.1 cm³/mol. The van der Waals surface area contributed by atoms with Crippen LogP contribution in [0.3, 0.4) is 0 Å². The van der Waals surface area contributed by atoms with E-state index in [2.05, 4.69) is 0 Å². The van der Waals surface area contributed by atoms with Crippen LogP contribution in [0.25, 0.3) is 5.57 Å². The number of hydrogen-bond donors (Lipinski definition) is 4. The lowest BCUT2D eigenvalue weighted by molar-refractivity contribution is -0.192. The van der Waals surface area contributed by atoms with Crippen molar-refractivity contribution in [2.24, 2.45) is 0 Å². The molecule has 0 amide bonds. The molecule has 1 aromatic carbocycles. The van der Waals surface area contributed by atoms with E-state index in [0.29, 0.717) is 12.0 Å². The first-order valence-electron chi connectivity index (χ1n) is 7.81. The zero-order valence-electron chi connectivity index (χ0n) is 13.4. The van der Waals surface area contributed by atoms with Gasteiger partial charge in [0.1, 0.15) is 0 Å². The summed E-state index contributed by atoms with van der Waals surface area (Å²) < 4.78 is 0. The van der Waals surface area contributed by atoms with Gasteiger partial charge in [0, 0.05) is 24.0 Å². The molecule has 3 rings (SSSR count). The molecule has 0 radical (unpaired) electrons. The second kappa shape index (κ2) is 5.42. The Hall–Kier alpha value is -1.72. The lowest BCUT2D eigenvalue weighted by atomic mass is 9.76. The summed E-state index contributed by atoms with van der Waals surface area (Å²) in [5.74, 6) is -4.14. The number of benzene rings is 1. The summed E-state index contributed by atoms with van der Waals surface area (Å²) in [5.41, 5.74) is 3.91. The van der Waals surface area contributed by atoms with Crippen molar-refractivity contribution < 1.29 is 20.4 Å². The lowest BCUT2D eigenvalue weighted by Gasteiger charge is -2.39. The highest BCUT2D eigenvalue weighted by atomic mass is 16.5. The third-order valence-corrected chi connectivity index (χ3v) is 4.72. The van der Waals surface area contributed by atoms with E-state index < -0.39 is 11.6 Å². The van der Waals surface area contributed by atoms with Gasteiger partial charge in [0.15, 0.2) is 11.6 Å². The van der Waals surface area contributed by atoms with Crippen molar-refractivity contribution >= 4 is 5.57 Å². The van der Waals surface area contributed by atoms with Gasteiger partial charge in [0.05, 0.1) is 0 Å². The van der Waals surface area contributed by atoms with Gasteiger partial charge in [0.2, 0.25) is 0 Å². The molecule has 0 saturated heterocycles. The van der Waals surface area contributed by atoms with Crippen molar-refractivity contribution in [2.45, 2.75) is 44.7 Å². The highest BCUT2D eigenvalue weighted by Gasteiger charge is 2.46. The minimum atomic E-state index is -2.09. The van der Waals surface area contributed by atoms with Gasteiger partial charge in [-0.3, -0.25) is 0 Å². The zero-order valence-corrected chi connectivity index (χ0v) is 13.4. The standard InChI is InChI=1S/C19H22O4/c1-12-6-3-4-8-14(12)16-13(2)7-5-9-15-17(16)19(22,23)11-10-18(15,20)21/h3-6,8-9,20-23H,7,10-11H2,1-2H3. The normalized spacial score (nSPS) is 22.9. The number of allylic oxidation sites excluding steroid dienone is 2. The van der Waals surface area contributed by atoms with E-state index in [4.69, 9.17) is 0 Å². The van der Waals surface area contributed by atoms with Crippen molar-refractivity contribution in [2.75, 3.05) is 0 Å². The molecule has 4 nitrogen and oxygen atoms in total. The summed E-state index contributed by atoms with van der Waals surface area (Å²) in [6.45, 7) is 3.89. The maximum atomic E-state index is 10.6. The number of rotatable bonds is 1.